The van der Waals surface area contributed by atoms with Gasteiger partial charge >= 0.3 is 13.6 Å². The Morgan fingerprint density at radius 2 is 1.95 bits per heavy atom. The first-order valence-electron chi connectivity index (χ1n) is 6.47. The molecule has 0 fully saturated rings. The number of carbonyl (C=O) groups excluding carboxylic acids is 1. The fourth-order valence-electron chi connectivity index (χ4n) is 1.70. The van der Waals surface area contributed by atoms with Crippen molar-refractivity contribution in [2.45, 2.75) is 26.9 Å². The Bertz CT molecular complexity index is 455. The summed E-state index contributed by atoms with van der Waals surface area (Å²) in [5.74, 6) is -0.472. The van der Waals surface area contributed by atoms with Gasteiger partial charge in [-0.2, -0.15) is 0 Å². The van der Waals surface area contributed by atoms with Crippen molar-refractivity contribution < 1.29 is 23.1 Å². The Morgan fingerprint density at radius 3 is 2.40 bits per heavy atom. The molecule has 1 heterocycles. The minimum Gasteiger partial charge on any atom is -0.455 e. The quantitative estimate of drug-likeness (QED) is 0.543. The number of esters is 1. The van der Waals surface area contributed by atoms with Crippen LogP contribution in [0.4, 0.5) is 0 Å². The van der Waals surface area contributed by atoms with E-state index in [0.29, 0.717) is 5.69 Å². The maximum Gasteiger partial charge on any atom is 0.334 e. The second-order valence-corrected chi connectivity index (χ2v) is 6.09. The Kier molecular flexibility index (Phi) is 6.85. The highest BCUT2D eigenvalue weighted by Gasteiger charge is 2.31. The van der Waals surface area contributed by atoms with Crippen molar-refractivity contribution in [1.29, 1.82) is 0 Å². The zero-order valence-electron chi connectivity index (χ0n) is 11.9. The molecule has 0 saturated carbocycles. The van der Waals surface area contributed by atoms with E-state index < -0.39 is 19.7 Å². The largest absolute Gasteiger partial charge is 0.455 e. The second kappa shape index (κ2) is 8.15. The first kappa shape index (κ1) is 16.8. The zero-order chi connectivity index (χ0) is 15.0. The summed E-state index contributed by atoms with van der Waals surface area (Å²) >= 11 is 0. The van der Waals surface area contributed by atoms with E-state index in [1.165, 1.54) is 6.92 Å². The molecular formula is C13H20NO5P. The smallest absolute Gasteiger partial charge is 0.334 e. The molecule has 1 atom stereocenters. The van der Waals surface area contributed by atoms with Gasteiger partial charge in [0.15, 0.2) is 6.10 Å². The fraction of sp³-hybridized carbons (Fsp3) is 0.538. The average molecular weight is 301 g/mol. The summed E-state index contributed by atoms with van der Waals surface area (Å²) in [6, 6.07) is 5.22. The summed E-state index contributed by atoms with van der Waals surface area (Å²) in [6.45, 7) is 5.27. The van der Waals surface area contributed by atoms with Gasteiger partial charge in [0.1, 0.15) is 0 Å². The maximum atomic E-state index is 12.5. The van der Waals surface area contributed by atoms with Crippen molar-refractivity contribution in [2.24, 2.45) is 0 Å². The number of hydrogen-bond donors (Lipinski definition) is 0. The van der Waals surface area contributed by atoms with Gasteiger partial charge in [-0.05, 0) is 26.0 Å². The van der Waals surface area contributed by atoms with Crippen LogP contribution in [0.3, 0.4) is 0 Å². The molecule has 7 heteroatoms. The predicted octanol–water partition coefficient (Wildman–Crippen LogP) is 2.95. The van der Waals surface area contributed by atoms with E-state index in [1.54, 1.807) is 38.2 Å². The number of pyridine rings is 1. The Labute approximate surface area is 119 Å². The van der Waals surface area contributed by atoms with Gasteiger partial charge in [-0.15, -0.1) is 0 Å². The summed E-state index contributed by atoms with van der Waals surface area (Å²) < 4.78 is 28.1. The van der Waals surface area contributed by atoms with Crippen LogP contribution in [0.5, 0.6) is 0 Å². The van der Waals surface area contributed by atoms with Crippen molar-refractivity contribution in [3.63, 3.8) is 0 Å². The van der Waals surface area contributed by atoms with Crippen molar-refractivity contribution in [3.05, 3.63) is 30.1 Å². The second-order valence-electron chi connectivity index (χ2n) is 3.98. The molecular weight excluding hydrogens is 281 g/mol. The average Bonchev–Trinajstić information content (AvgIpc) is 2.39. The standard InChI is InChI=1S/C13H20NO5P/c1-4-17-20(16,18-5-2)10-13(19-11(3)15)12-8-6-7-9-14-12/h6-9,13H,4-5,10H2,1-3H3/t13-/m1/s1. The first-order chi connectivity index (χ1) is 9.50. The lowest BCUT2D eigenvalue weighted by atomic mass is 10.2. The SMILES string of the molecule is CCOP(=O)(C[C@@H](OC(C)=O)c1ccccn1)OCC. The van der Waals surface area contributed by atoms with Crippen LogP contribution < -0.4 is 0 Å². The molecule has 0 aliphatic carbocycles. The van der Waals surface area contributed by atoms with Crippen LogP contribution in [0.1, 0.15) is 32.6 Å². The highest BCUT2D eigenvalue weighted by molar-refractivity contribution is 7.53. The van der Waals surface area contributed by atoms with Crippen LogP contribution in [-0.4, -0.2) is 30.3 Å². The van der Waals surface area contributed by atoms with Gasteiger partial charge in [0.25, 0.3) is 0 Å². The molecule has 0 saturated heterocycles. The third kappa shape index (κ3) is 5.41. The molecule has 6 nitrogen and oxygen atoms in total. The molecule has 1 rings (SSSR count). The van der Waals surface area contributed by atoms with Crippen LogP contribution in [0, 0.1) is 0 Å². The first-order valence-corrected chi connectivity index (χ1v) is 8.19. The van der Waals surface area contributed by atoms with Gasteiger partial charge in [-0.25, -0.2) is 0 Å². The van der Waals surface area contributed by atoms with E-state index in [4.69, 9.17) is 13.8 Å². The van der Waals surface area contributed by atoms with Crippen LogP contribution >= 0.6 is 7.60 Å². The van der Waals surface area contributed by atoms with Gasteiger partial charge in [0, 0.05) is 13.1 Å². The number of nitrogens with zero attached hydrogens (tertiary/aromatic N) is 1. The van der Waals surface area contributed by atoms with E-state index in [0.717, 1.165) is 0 Å². The molecule has 1 aromatic rings. The third-order valence-electron chi connectivity index (χ3n) is 2.37. The van der Waals surface area contributed by atoms with E-state index >= 15 is 0 Å². The summed E-state index contributed by atoms with van der Waals surface area (Å²) in [4.78, 5) is 15.3. The third-order valence-corrected chi connectivity index (χ3v) is 4.45. The van der Waals surface area contributed by atoms with Crippen LogP contribution in [-0.2, 0) is 23.1 Å². The van der Waals surface area contributed by atoms with Crippen LogP contribution in [0.25, 0.3) is 0 Å². The van der Waals surface area contributed by atoms with E-state index in [2.05, 4.69) is 4.98 Å². The van der Waals surface area contributed by atoms with Crippen molar-refractivity contribution >= 4 is 13.6 Å². The molecule has 20 heavy (non-hydrogen) atoms. The Balaban J connectivity index is 2.93. The van der Waals surface area contributed by atoms with E-state index in [1.807, 2.05) is 0 Å². The molecule has 0 spiro atoms. The summed E-state index contributed by atoms with van der Waals surface area (Å²) in [5, 5.41) is 0. The van der Waals surface area contributed by atoms with Gasteiger partial charge in [0.05, 0.1) is 25.1 Å². The van der Waals surface area contributed by atoms with Crippen molar-refractivity contribution in [2.75, 3.05) is 19.4 Å². The molecule has 0 amide bonds. The number of carbonyl (C=O) groups is 1. The van der Waals surface area contributed by atoms with Gasteiger partial charge < -0.3 is 13.8 Å². The summed E-state index contributed by atoms with van der Waals surface area (Å²) in [7, 11) is -3.31. The minimum atomic E-state index is -3.31. The molecule has 0 aromatic carbocycles. The van der Waals surface area contributed by atoms with Crippen molar-refractivity contribution in [1.82, 2.24) is 4.98 Å². The number of ether oxygens (including phenoxy) is 1. The summed E-state index contributed by atoms with van der Waals surface area (Å²) in [6.07, 6.45) is 0.779. The lowest BCUT2D eigenvalue weighted by molar-refractivity contribution is -0.145. The predicted molar refractivity (Wildman–Crippen MR) is 74.5 cm³/mol. The molecule has 0 radical (unpaired) electrons. The molecule has 0 bridgehead atoms. The molecule has 112 valence electrons. The maximum absolute atomic E-state index is 12.5. The van der Waals surface area contributed by atoms with Gasteiger partial charge in [-0.3, -0.25) is 14.3 Å². The molecule has 0 aliphatic rings. The Morgan fingerprint density at radius 1 is 1.30 bits per heavy atom. The number of hydrogen-bond acceptors (Lipinski definition) is 6. The van der Waals surface area contributed by atoms with E-state index in [-0.39, 0.29) is 19.4 Å². The fourth-order valence-corrected chi connectivity index (χ4v) is 3.44. The van der Waals surface area contributed by atoms with Gasteiger partial charge in [-0.1, -0.05) is 6.07 Å². The van der Waals surface area contributed by atoms with E-state index in [9.17, 15) is 9.36 Å². The topological polar surface area (TPSA) is 74.7 Å². The minimum absolute atomic E-state index is 0.0503. The monoisotopic (exact) mass is 301 g/mol. The molecule has 0 unspecified atom stereocenters. The van der Waals surface area contributed by atoms with Gasteiger partial charge in [0.2, 0.25) is 0 Å². The van der Waals surface area contributed by atoms with Crippen LogP contribution in [0.2, 0.25) is 0 Å². The summed E-state index contributed by atoms with van der Waals surface area (Å²) in [5.41, 5.74) is 0.516. The zero-order valence-corrected chi connectivity index (χ0v) is 12.8. The van der Waals surface area contributed by atoms with Crippen LogP contribution in [0.15, 0.2) is 24.4 Å². The highest BCUT2D eigenvalue weighted by atomic mass is 31.2. The normalized spacial score (nSPS) is 12.9. The lowest BCUT2D eigenvalue weighted by Crippen LogP contribution is -2.16. The number of rotatable bonds is 8. The molecule has 1 aromatic heterocycles. The van der Waals surface area contributed by atoms with Crippen molar-refractivity contribution in [3.8, 4) is 0 Å². The number of aromatic nitrogens is 1. The molecule has 0 aliphatic heterocycles. The molecule has 0 N–H and O–H groups in total. The lowest BCUT2D eigenvalue weighted by Gasteiger charge is -2.22. The highest BCUT2D eigenvalue weighted by Crippen LogP contribution is 2.51. The Hall–Kier alpha value is -1.23.